The van der Waals surface area contributed by atoms with Gasteiger partial charge < -0.3 is 5.32 Å². The molecular weight excluding hydrogens is 157 g/mol. The summed E-state index contributed by atoms with van der Waals surface area (Å²) in [4.78, 5) is 0. The second-order valence-corrected chi connectivity index (χ2v) is 2.67. The Hall–Kier alpha value is -0.290. The van der Waals surface area contributed by atoms with E-state index in [4.69, 9.17) is 0 Å². The van der Waals surface area contributed by atoms with Crippen LogP contribution in [0.4, 0.5) is 13.2 Å². The molecule has 2 N–H and O–H groups in total. The number of nitrogens with one attached hydrogen (secondary N) is 2. The van der Waals surface area contributed by atoms with Crippen LogP contribution in [0.1, 0.15) is 12.8 Å². The van der Waals surface area contributed by atoms with E-state index in [0.29, 0.717) is 25.9 Å². The lowest BCUT2D eigenvalue weighted by Crippen LogP contribution is -2.46. The van der Waals surface area contributed by atoms with Crippen molar-refractivity contribution >= 4 is 0 Å². The van der Waals surface area contributed by atoms with Gasteiger partial charge in [-0.05, 0) is 25.9 Å². The lowest BCUT2D eigenvalue weighted by atomic mass is 10.1. The van der Waals surface area contributed by atoms with Gasteiger partial charge >= 0.3 is 6.30 Å². The third kappa shape index (κ3) is 3.57. The van der Waals surface area contributed by atoms with Gasteiger partial charge in [-0.15, -0.1) is 0 Å². The maximum Gasteiger partial charge on any atom is 0.457 e. The summed E-state index contributed by atoms with van der Waals surface area (Å²) in [5.74, 6) is 0. The Bertz CT molecular complexity index is 117. The highest BCUT2D eigenvalue weighted by molar-refractivity contribution is 4.74. The molecular formula is C6H11F3N2. The van der Waals surface area contributed by atoms with Crippen molar-refractivity contribution in [3.05, 3.63) is 0 Å². The number of alkyl halides is 3. The van der Waals surface area contributed by atoms with Crippen LogP contribution in [0.5, 0.6) is 0 Å². The zero-order chi connectivity index (χ0) is 8.32. The molecule has 0 spiro atoms. The predicted molar refractivity (Wildman–Crippen MR) is 35.1 cm³/mol. The van der Waals surface area contributed by atoms with Gasteiger partial charge in [-0.1, -0.05) is 0 Å². The van der Waals surface area contributed by atoms with Crippen molar-refractivity contribution in [2.45, 2.75) is 25.2 Å². The number of hydrogen-bond acceptors (Lipinski definition) is 2. The van der Waals surface area contributed by atoms with E-state index in [-0.39, 0.29) is 0 Å². The Morgan fingerprint density at radius 2 is 1.73 bits per heavy atom. The van der Waals surface area contributed by atoms with Crippen LogP contribution in [-0.4, -0.2) is 25.4 Å². The SMILES string of the molecule is FC(F)(F)NC1CCNCC1. The monoisotopic (exact) mass is 168 g/mol. The number of piperidine rings is 1. The zero-order valence-corrected chi connectivity index (χ0v) is 6.04. The number of halogens is 3. The molecule has 0 aromatic carbocycles. The molecule has 1 heterocycles. The second kappa shape index (κ2) is 3.40. The van der Waals surface area contributed by atoms with E-state index < -0.39 is 12.3 Å². The molecule has 66 valence electrons. The van der Waals surface area contributed by atoms with Crippen molar-refractivity contribution in [2.75, 3.05) is 13.1 Å². The van der Waals surface area contributed by atoms with Gasteiger partial charge in [-0.3, -0.25) is 0 Å². The standard InChI is InChI=1S/C6H11F3N2/c7-6(8,9)11-5-1-3-10-4-2-5/h5,10-11H,1-4H2. The van der Waals surface area contributed by atoms with Gasteiger partial charge in [0.15, 0.2) is 0 Å². The van der Waals surface area contributed by atoms with Crippen LogP contribution < -0.4 is 10.6 Å². The lowest BCUT2D eigenvalue weighted by Gasteiger charge is -2.24. The van der Waals surface area contributed by atoms with Gasteiger partial charge in [0.2, 0.25) is 0 Å². The molecule has 0 aromatic heterocycles. The second-order valence-electron chi connectivity index (χ2n) is 2.67. The average Bonchev–Trinajstić information content (AvgIpc) is 1.85. The minimum atomic E-state index is -4.22. The highest BCUT2D eigenvalue weighted by atomic mass is 19.4. The van der Waals surface area contributed by atoms with Gasteiger partial charge in [0.05, 0.1) is 0 Å². The quantitative estimate of drug-likeness (QED) is 0.567. The van der Waals surface area contributed by atoms with Crippen molar-refractivity contribution in [1.29, 1.82) is 0 Å². The Morgan fingerprint density at radius 1 is 1.18 bits per heavy atom. The van der Waals surface area contributed by atoms with Gasteiger partial charge in [0.25, 0.3) is 0 Å². The van der Waals surface area contributed by atoms with Crippen molar-refractivity contribution in [1.82, 2.24) is 10.6 Å². The third-order valence-corrected chi connectivity index (χ3v) is 1.71. The summed E-state index contributed by atoms with van der Waals surface area (Å²) in [7, 11) is 0. The summed E-state index contributed by atoms with van der Waals surface area (Å²) in [6.45, 7) is 1.35. The molecule has 0 aliphatic carbocycles. The average molecular weight is 168 g/mol. The molecule has 0 atom stereocenters. The Kier molecular flexibility index (Phi) is 2.72. The topological polar surface area (TPSA) is 24.1 Å². The van der Waals surface area contributed by atoms with Crippen LogP contribution >= 0.6 is 0 Å². The molecule has 1 rings (SSSR count). The van der Waals surface area contributed by atoms with E-state index >= 15 is 0 Å². The lowest BCUT2D eigenvalue weighted by molar-refractivity contribution is -0.165. The Labute approximate surface area is 63.2 Å². The van der Waals surface area contributed by atoms with Crippen LogP contribution in [0.15, 0.2) is 0 Å². The van der Waals surface area contributed by atoms with Crippen LogP contribution in [0.2, 0.25) is 0 Å². The van der Waals surface area contributed by atoms with Crippen molar-refractivity contribution in [3.8, 4) is 0 Å². The smallest absolute Gasteiger partial charge is 0.317 e. The maximum absolute atomic E-state index is 11.7. The molecule has 0 unspecified atom stereocenters. The highest BCUT2D eigenvalue weighted by Gasteiger charge is 2.31. The molecule has 2 nitrogen and oxygen atoms in total. The summed E-state index contributed by atoms with van der Waals surface area (Å²) < 4.78 is 35.1. The van der Waals surface area contributed by atoms with Crippen LogP contribution in [-0.2, 0) is 0 Å². The molecule has 11 heavy (non-hydrogen) atoms. The first-order valence-corrected chi connectivity index (χ1v) is 3.63. The summed E-state index contributed by atoms with van der Waals surface area (Å²) in [6.07, 6.45) is -3.11. The molecule has 0 bridgehead atoms. The maximum atomic E-state index is 11.7. The van der Waals surface area contributed by atoms with E-state index in [1.807, 2.05) is 0 Å². The van der Waals surface area contributed by atoms with Crippen LogP contribution in [0, 0.1) is 0 Å². The molecule has 0 aromatic rings. The van der Waals surface area contributed by atoms with Crippen LogP contribution in [0.3, 0.4) is 0 Å². The van der Waals surface area contributed by atoms with Crippen LogP contribution in [0.25, 0.3) is 0 Å². The first-order valence-electron chi connectivity index (χ1n) is 3.63. The molecule has 0 radical (unpaired) electrons. The van der Waals surface area contributed by atoms with E-state index in [0.717, 1.165) is 0 Å². The fraction of sp³-hybridized carbons (Fsp3) is 1.00. The van der Waals surface area contributed by atoms with E-state index in [1.165, 1.54) is 0 Å². The zero-order valence-electron chi connectivity index (χ0n) is 6.04. The van der Waals surface area contributed by atoms with E-state index in [9.17, 15) is 13.2 Å². The fourth-order valence-electron chi connectivity index (χ4n) is 1.20. The fourth-order valence-corrected chi connectivity index (χ4v) is 1.20. The molecule has 0 saturated carbocycles. The summed E-state index contributed by atoms with van der Waals surface area (Å²) in [5, 5.41) is 4.61. The molecule has 5 heteroatoms. The summed E-state index contributed by atoms with van der Waals surface area (Å²) >= 11 is 0. The molecule has 1 saturated heterocycles. The van der Waals surface area contributed by atoms with Gasteiger partial charge in [0.1, 0.15) is 0 Å². The van der Waals surface area contributed by atoms with E-state index in [2.05, 4.69) is 5.32 Å². The van der Waals surface area contributed by atoms with Gasteiger partial charge in [0, 0.05) is 6.04 Å². The first-order chi connectivity index (χ1) is 5.08. The molecule has 0 amide bonds. The summed E-state index contributed by atoms with van der Waals surface area (Å²) in [5.41, 5.74) is 0. The minimum Gasteiger partial charge on any atom is -0.317 e. The first kappa shape index (κ1) is 8.80. The number of hydrogen-bond donors (Lipinski definition) is 2. The van der Waals surface area contributed by atoms with Crippen molar-refractivity contribution in [2.24, 2.45) is 0 Å². The third-order valence-electron chi connectivity index (χ3n) is 1.71. The predicted octanol–water partition coefficient (Wildman–Crippen LogP) is 0.848. The Balaban J connectivity index is 2.24. The minimum absolute atomic E-state index is 0.392. The van der Waals surface area contributed by atoms with E-state index in [1.54, 1.807) is 5.32 Å². The number of rotatable bonds is 1. The molecule has 1 aliphatic rings. The summed E-state index contributed by atoms with van der Waals surface area (Å²) in [6, 6.07) is -0.392. The normalized spacial score (nSPS) is 22.1. The molecule has 1 fully saturated rings. The van der Waals surface area contributed by atoms with Gasteiger partial charge in [-0.25, -0.2) is 5.32 Å². The van der Waals surface area contributed by atoms with Crippen molar-refractivity contribution in [3.63, 3.8) is 0 Å². The largest absolute Gasteiger partial charge is 0.457 e. The molecule has 1 aliphatic heterocycles. The highest BCUT2D eigenvalue weighted by Crippen LogP contribution is 2.14. The Morgan fingerprint density at radius 3 is 2.18 bits per heavy atom. The van der Waals surface area contributed by atoms with Gasteiger partial charge in [-0.2, -0.15) is 13.2 Å². The van der Waals surface area contributed by atoms with Crippen molar-refractivity contribution < 1.29 is 13.2 Å².